The van der Waals surface area contributed by atoms with E-state index in [-0.39, 0.29) is 19.1 Å². The van der Waals surface area contributed by atoms with E-state index in [1.54, 1.807) is 25.3 Å². The van der Waals surface area contributed by atoms with E-state index in [0.29, 0.717) is 28.5 Å². The van der Waals surface area contributed by atoms with Crippen LogP contribution in [0.25, 0.3) is 11.4 Å². The van der Waals surface area contributed by atoms with Gasteiger partial charge in [0.05, 0.1) is 12.7 Å². The number of ether oxygens (including phenoxy) is 3. The zero-order chi connectivity index (χ0) is 19.9. The Morgan fingerprint density at radius 2 is 1.89 bits per heavy atom. The summed E-state index contributed by atoms with van der Waals surface area (Å²) in [6, 6.07) is 13.3. The summed E-state index contributed by atoms with van der Waals surface area (Å²) in [7, 11) is 1.57. The second-order valence-corrected chi connectivity index (χ2v) is 5.60. The molecule has 0 radical (unpaired) electrons. The maximum atomic E-state index is 12.1. The molecule has 2 N–H and O–H groups in total. The molecule has 0 saturated carbocycles. The van der Waals surface area contributed by atoms with Gasteiger partial charge in [-0.3, -0.25) is 4.79 Å². The van der Waals surface area contributed by atoms with E-state index >= 15 is 0 Å². The smallest absolute Gasteiger partial charge is 0.338 e. The van der Waals surface area contributed by atoms with Gasteiger partial charge in [-0.2, -0.15) is 4.98 Å². The van der Waals surface area contributed by atoms with Gasteiger partial charge in [0.15, 0.2) is 13.2 Å². The lowest BCUT2D eigenvalue weighted by molar-refractivity contribution is -0.119. The van der Waals surface area contributed by atoms with Gasteiger partial charge in [-0.25, -0.2) is 4.79 Å². The number of carbonyl (C=O) groups is 2. The van der Waals surface area contributed by atoms with Crippen molar-refractivity contribution >= 4 is 11.9 Å². The molecular weight excluding hydrogens is 366 g/mol. The molecule has 0 unspecified atom stereocenters. The van der Waals surface area contributed by atoms with Gasteiger partial charge in [0.25, 0.3) is 11.8 Å². The largest absolute Gasteiger partial charge is 0.497 e. The molecule has 1 heterocycles. The number of carbonyl (C=O) groups excluding carboxylic acids is 2. The molecule has 2 aromatic carbocycles. The quantitative estimate of drug-likeness (QED) is 0.585. The Kier molecular flexibility index (Phi) is 5.85. The van der Waals surface area contributed by atoms with Crippen LogP contribution in [0.1, 0.15) is 16.2 Å². The van der Waals surface area contributed by atoms with Crippen LogP contribution >= 0.6 is 0 Å². The van der Waals surface area contributed by atoms with E-state index in [0.717, 1.165) is 0 Å². The zero-order valence-electron chi connectivity index (χ0n) is 15.0. The first-order valence-corrected chi connectivity index (χ1v) is 8.20. The molecule has 1 amide bonds. The third-order valence-electron chi connectivity index (χ3n) is 3.59. The number of benzene rings is 2. The van der Waals surface area contributed by atoms with Crippen LogP contribution in [-0.4, -0.2) is 35.7 Å². The number of hydrogen-bond acceptors (Lipinski definition) is 8. The fourth-order valence-corrected chi connectivity index (χ4v) is 2.25. The highest BCUT2D eigenvalue weighted by Crippen LogP contribution is 2.21. The Bertz CT molecular complexity index is 968. The van der Waals surface area contributed by atoms with E-state index in [2.05, 4.69) is 10.1 Å². The first-order chi connectivity index (χ1) is 13.5. The second-order valence-electron chi connectivity index (χ2n) is 5.60. The molecule has 3 rings (SSSR count). The molecule has 0 saturated heterocycles. The van der Waals surface area contributed by atoms with E-state index < -0.39 is 11.9 Å². The van der Waals surface area contributed by atoms with Gasteiger partial charge >= 0.3 is 5.97 Å². The SMILES string of the molecule is COc1cccc(-c2noc(COC(=O)c3ccc(OCC(N)=O)cc3)n2)c1. The minimum atomic E-state index is -0.587. The summed E-state index contributed by atoms with van der Waals surface area (Å²) in [5.41, 5.74) is 6.02. The third-order valence-corrected chi connectivity index (χ3v) is 3.59. The van der Waals surface area contributed by atoms with Crippen LogP contribution in [0.15, 0.2) is 53.1 Å². The molecule has 9 heteroatoms. The highest BCUT2D eigenvalue weighted by molar-refractivity contribution is 5.89. The maximum absolute atomic E-state index is 12.1. The van der Waals surface area contributed by atoms with Gasteiger partial charge in [0, 0.05) is 5.56 Å². The highest BCUT2D eigenvalue weighted by atomic mass is 16.6. The average Bonchev–Trinajstić information content (AvgIpc) is 3.20. The fraction of sp³-hybridized carbons (Fsp3) is 0.158. The van der Waals surface area contributed by atoms with Gasteiger partial charge in [-0.1, -0.05) is 17.3 Å². The first-order valence-electron chi connectivity index (χ1n) is 8.20. The van der Waals surface area contributed by atoms with Crippen molar-refractivity contribution in [3.05, 3.63) is 60.0 Å². The molecule has 0 fully saturated rings. The molecule has 0 aliphatic carbocycles. The van der Waals surface area contributed by atoms with Crippen LogP contribution in [0.3, 0.4) is 0 Å². The summed E-state index contributed by atoms with van der Waals surface area (Å²) in [5.74, 6) is 0.445. The number of methoxy groups -OCH3 is 1. The van der Waals surface area contributed by atoms with Crippen LogP contribution in [-0.2, 0) is 16.1 Å². The maximum Gasteiger partial charge on any atom is 0.338 e. The lowest BCUT2D eigenvalue weighted by atomic mass is 10.2. The van der Waals surface area contributed by atoms with Crippen molar-refractivity contribution in [3.63, 3.8) is 0 Å². The number of nitrogens with two attached hydrogens (primary N) is 1. The minimum Gasteiger partial charge on any atom is -0.497 e. The van der Waals surface area contributed by atoms with Crippen molar-refractivity contribution in [2.24, 2.45) is 5.73 Å². The van der Waals surface area contributed by atoms with Gasteiger partial charge in [-0.15, -0.1) is 0 Å². The number of hydrogen-bond donors (Lipinski definition) is 1. The summed E-state index contributed by atoms with van der Waals surface area (Å²) >= 11 is 0. The molecule has 0 bridgehead atoms. The molecule has 3 aromatic rings. The molecule has 0 aliphatic heterocycles. The highest BCUT2D eigenvalue weighted by Gasteiger charge is 2.13. The van der Waals surface area contributed by atoms with Gasteiger partial charge < -0.3 is 24.5 Å². The average molecular weight is 383 g/mol. The fourth-order valence-electron chi connectivity index (χ4n) is 2.25. The monoisotopic (exact) mass is 383 g/mol. The van der Waals surface area contributed by atoms with Crippen molar-refractivity contribution < 1.29 is 28.3 Å². The van der Waals surface area contributed by atoms with Crippen LogP contribution in [0, 0.1) is 0 Å². The normalized spacial score (nSPS) is 10.3. The van der Waals surface area contributed by atoms with Crippen LogP contribution in [0.2, 0.25) is 0 Å². The van der Waals surface area contributed by atoms with Crippen LogP contribution < -0.4 is 15.2 Å². The van der Waals surface area contributed by atoms with Crippen molar-refractivity contribution in [2.75, 3.05) is 13.7 Å². The zero-order valence-corrected chi connectivity index (χ0v) is 15.0. The van der Waals surface area contributed by atoms with Crippen molar-refractivity contribution in [2.45, 2.75) is 6.61 Å². The lowest BCUT2D eigenvalue weighted by Gasteiger charge is -2.05. The van der Waals surface area contributed by atoms with Gasteiger partial charge in [0.1, 0.15) is 11.5 Å². The topological polar surface area (TPSA) is 127 Å². The number of primary amides is 1. The van der Waals surface area contributed by atoms with Crippen molar-refractivity contribution in [3.8, 4) is 22.9 Å². The number of esters is 1. The molecule has 1 aromatic heterocycles. The van der Waals surface area contributed by atoms with Gasteiger partial charge in [-0.05, 0) is 36.4 Å². The Balaban J connectivity index is 1.57. The summed E-state index contributed by atoms with van der Waals surface area (Å²) < 4.78 is 20.6. The predicted octanol–water partition coefficient (Wildman–Crippen LogP) is 1.97. The van der Waals surface area contributed by atoms with Crippen molar-refractivity contribution in [1.82, 2.24) is 10.1 Å². The van der Waals surface area contributed by atoms with Gasteiger partial charge in [0.2, 0.25) is 5.82 Å². The number of nitrogens with zero attached hydrogens (tertiary/aromatic N) is 2. The van der Waals surface area contributed by atoms with Crippen LogP contribution in [0.5, 0.6) is 11.5 Å². The van der Waals surface area contributed by atoms with Crippen LogP contribution in [0.4, 0.5) is 0 Å². The van der Waals surface area contributed by atoms with E-state index in [4.69, 9.17) is 24.5 Å². The molecule has 0 aliphatic rings. The van der Waals surface area contributed by atoms with E-state index in [1.807, 2.05) is 6.07 Å². The number of aromatic nitrogens is 2. The number of amides is 1. The Labute approximate surface area is 160 Å². The molecule has 144 valence electrons. The third kappa shape index (κ3) is 4.85. The summed E-state index contributed by atoms with van der Waals surface area (Å²) in [6.07, 6.45) is 0. The summed E-state index contributed by atoms with van der Waals surface area (Å²) in [6.45, 7) is -0.410. The first kappa shape index (κ1) is 18.9. The summed E-state index contributed by atoms with van der Waals surface area (Å²) in [4.78, 5) is 27.0. The Hall–Kier alpha value is -3.88. The molecule has 0 spiro atoms. The minimum absolute atomic E-state index is 0.160. The second kappa shape index (κ2) is 8.67. The Morgan fingerprint density at radius 3 is 2.61 bits per heavy atom. The Morgan fingerprint density at radius 1 is 1.11 bits per heavy atom. The molecule has 9 nitrogen and oxygen atoms in total. The lowest BCUT2D eigenvalue weighted by Crippen LogP contribution is -2.20. The summed E-state index contributed by atoms with van der Waals surface area (Å²) in [5, 5.41) is 3.87. The predicted molar refractivity (Wildman–Crippen MR) is 96.5 cm³/mol. The standard InChI is InChI=1S/C19H17N3O6/c1-25-15-4-2-3-13(9-15)18-21-17(28-22-18)11-27-19(24)12-5-7-14(8-6-12)26-10-16(20)23/h2-9H,10-11H2,1H3,(H2,20,23). The van der Waals surface area contributed by atoms with E-state index in [1.165, 1.54) is 24.3 Å². The van der Waals surface area contributed by atoms with Crippen molar-refractivity contribution in [1.29, 1.82) is 0 Å². The van der Waals surface area contributed by atoms with E-state index in [9.17, 15) is 9.59 Å². The molecular formula is C19H17N3O6. The molecule has 28 heavy (non-hydrogen) atoms. The molecule has 0 atom stereocenters. The number of rotatable bonds is 8.